The average Bonchev–Trinajstić information content (AvgIpc) is 3.27. The fraction of sp³-hybridized carbons (Fsp3) is 0.227. The van der Waals surface area contributed by atoms with Gasteiger partial charge in [-0.3, -0.25) is 9.59 Å². The maximum atomic E-state index is 12.9. The molecule has 3 rings (SSSR count). The minimum Gasteiger partial charge on any atom is -0.496 e. The Morgan fingerprint density at radius 2 is 1.70 bits per heavy atom. The van der Waals surface area contributed by atoms with Gasteiger partial charge in [0.05, 0.1) is 25.5 Å². The Labute approximate surface area is 179 Å². The molecule has 30 heavy (non-hydrogen) atoms. The van der Waals surface area contributed by atoms with E-state index in [1.54, 1.807) is 30.7 Å². The number of nitrogens with zero attached hydrogens (tertiary/aromatic N) is 2. The average molecular weight is 426 g/mol. The van der Waals surface area contributed by atoms with Gasteiger partial charge in [0.1, 0.15) is 28.7 Å². The van der Waals surface area contributed by atoms with Gasteiger partial charge < -0.3 is 19.7 Å². The van der Waals surface area contributed by atoms with Crippen molar-refractivity contribution in [1.82, 2.24) is 9.88 Å². The number of carbonyl (C=O) groups is 2. The van der Waals surface area contributed by atoms with E-state index in [2.05, 4.69) is 10.3 Å². The quantitative estimate of drug-likeness (QED) is 0.592. The topological polar surface area (TPSA) is 80.8 Å². The molecule has 1 N–H and O–H groups in total. The van der Waals surface area contributed by atoms with Gasteiger partial charge in [-0.25, -0.2) is 4.98 Å². The number of methoxy groups -OCH3 is 2. The van der Waals surface area contributed by atoms with Crippen LogP contribution >= 0.6 is 11.3 Å². The first-order valence-electron chi connectivity index (χ1n) is 9.38. The molecule has 0 spiro atoms. The molecular formula is C22H23N3O4S. The van der Waals surface area contributed by atoms with Crippen LogP contribution in [0.4, 0.5) is 5.69 Å². The summed E-state index contributed by atoms with van der Waals surface area (Å²) in [5.41, 5.74) is 1.68. The molecule has 1 aromatic heterocycles. The number of carbonyl (C=O) groups excluding carboxylic acids is 2. The second-order valence-electron chi connectivity index (χ2n) is 6.31. The predicted molar refractivity (Wildman–Crippen MR) is 117 cm³/mol. The van der Waals surface area contributed by atoms with Crippen LogP contribution in [0.25, 0.3) is 10.6 Å². The molecule has 0 saturated carbocycles. The normalized spacial score (nSPS) is 10.4. The van der Waals surface area contributed by atoms with Gasteiger partial charge in [-0.05, 0) is 31.2 Å². The summed E-state index contributed by atoms with van der Waals surface area (Å²) in [6, 6.07) is 14.6. The number of thiazole rings is 1. The van der Waals surface area contributed by atoms with Crippen molar-refractivity contribution < 1.29 is 19.1 Å². The number of para-hydroxylation sites is 3. The largest absolute Gasteiger partial charge is 0.496 e. The van der Waals surface area contributed by atoms with E-state index in [0.717, 1.165) is 5.56 Å². The first-order chi connectivity index (χ1) is 14.6. The summed E-state index contributed by atoms with van der Waals surface area (Å²) < 4.78 is 10.6. The number of aromatic nitrogens is 1. The Balaban J connectivity index is 1.72. The smallest absolute Gasteiger partial charge is 0.273 e. The molecule has 0 unspecified atom stereocenters. The zero-order chi connectivity index (χ0) is 21.5. The number of benzene rings is 2. The molecule has 8 heteroatoms. The van der Waals surface area contributed by atoms with Gasteiger partial charge in [0.25, 0.3) is 5.91 Å². The third-order valence-corrected chi connectivity index (χ3v) is 5.32. The maximum absolute atomic E-state index is 12.9. The molecule has 3 aromatic rings. The van der Waals surface area contributed by atoms with Crippen molar-refractivity contribution in [2.45, 2.75) is 6.92 Å². The summed E-state index contributed by atoms with van der Waals surface area (Å²) in [7, 11) is 3.13. The molecule has 2 amide bonds. The van der Waals surface area contributed by atoms with Gasteiger partial charge in [0.15, 0.2) is 0 Å². The van der Waals surface area contributed by atoms with Crippen molar-refractivity contribution in [1.29, 1.82) is 0 Å². The molecule has 0 atom stereocenters. The number of likely N-dealkylation sites (N-methyl/N-ethyl adjacent to an activating group) is 1. The zero-order valence-electron chi connectivity index (χ0n) is 17.0. The fourth-order valence-electron chi connectivity index (χ4n) is 2.92. The Kier molecular flexibility index (Phi) is 7.03. The van der Waals surface area contributed by atoms with Gasteiger partial charge >= 0.3 is 0 Å². The van der Waals surface area contributed by atoms with Crippen LogP contribution in [0.3, 0.4) is 0 Å². The summed E-state index contributed by atoms with van der Waals surface area (Å²) in [6.45, 7) is 2.11. The Morgan fingerprint density at radius 1 is 1.03 bits per heavy atom. The van der Waals surface area contributed by atoms with Crippen molar-refractivity contribution in [3.63, 3.8) is 0 Å². The minimum absolute atomic E-state index is 0.0884. The van der Waals surface area contributed by atoms with E-state index < -0.39 is 0 Å². The van der Waals surface area contributed by atoms with Gasteiger partial charge in [0.2, 0.25) is 5.91 Å². The van der Waals surface area contributed by atoms with Crippen LogP contribution in [0.2, 0.25) is 0 Å². The van der Waals surface area contributed by atoms with Crippen LogP contribution in [-0.2, 0) is 4.79 Å². The summed E-state index contributed by atoms with van der Waals surface area (Å²) in [4.78, 5) is 31.3. The molecule has 156 valence electrons. The summed E-state index contributed by atoms with van der Waals surface area (Å²) in [6.07, 6.45) is 0. The fourth-order valence-corrected chi connectivity index (χ4v) is 3.74. The summed E-state index contributed by atoms with van der Waals surface area (Å²) >= 11 is 1.36. The van der Waals surface area contributed by atoms with Crippen molar-refractivity contribution >= 4 is 28.8 Å². The van der Waals surface area contributed by atoms with Crippen LogP contribution in [0, 0.1) is 0 Å². The SMILES string of the molecule is CCN(CC(=O)Nc1ccccc1OC)C(=O)c1csc(-c2ccccc2OC)n1. The monoisotopic (exact) mass is 425 g/mol. The number of hydrogen-bond donors (Lipinski definition) is 1. The lowest BCUT2D eigenvalue weighted by Gasteiger charge is -2.19. The first-order valence-corrected chi connectivity index (χ1v) is 10.3. The van der Waals surface area contributed by atoms with Crippen LogP contribution in [0.1, 0.15) is 17.4 Å². The summed E-state index contributed by atoms with van der Waals surface area (Å²) in [5.74, 6) is 0.635. The number of nitrogens with one attached hydrogen (secondary N) is 1. The van der Waals surface area contributed by atoms with Crippen molar-refractivity contribution in [3.8, 4) is 22.1 Å². The van der Waals surface area contributed by atoms with E-state index in [4.69, 9.17) is 9.47 Å². The van der Waals surface area contributed by atoms with E-state index in [9.17, 15) is 9.59 Å². The Hall–Kier alpha value is -3.39. The molecule has 0 fully saturated rings. The van der Waals surface area contributed by atoms with Crippen LogP contribution < -0.4 is 14.8 Å². The summed E-state index contributed by atoms with van der Waals surface area (Å²) in [5, 5.41) is 5.17. The second kappa shape index (κ2) is 9.89. The third kappa shape index (κ3) is 4.77. The van der Waals surface area contributed by atoms with Crippen molar-refractivity contribution in [2.75, 3.05) is 32.6 Å². The molecular weight excluding hydrogens is 402 g/mol. The third-order valence-electron chi connectivity index (χ3n) is 4.45. The standard InChI is InChI=1S/C22H23N3O4S/c1-4-25(13-20(26)23-16-10-6-8-12-19(16)29-3)22(27)17-14-30-21(24-17)15-9-5-7-11-18(15)28-2/h5-12,14H,4,13H2,1-3H3,(H,23,26). The molecule has 0 bridgehead atoms. The molecule has 2 aromatic carbocycles. The predicted octanol–water partition coefficient (Wildman–Crippen LogP) is 3.93. The van der Waals surface area contributed by atoms with Crippen LogP contribution in [-0.4, -0.2) is 49.0 Å². The van der Waals surface area contributed by atoms with Crippen LogP contribution in [0.15, 0.2) is 53.9 Å². The molecule has 0 radical (unpaired) electrons. The van der Waals surface area contributed by atoms with Gasteiger partial charge in [-0.2, -0.15) is 0 Å². The number of amides is 2. The van der Waals surface area contributed by atoms with Crippen molar-refractivity contribution in [3.05, 3.63) is 59.6 Å². The lowest BCUT2D eigenvalue weighted by atomic mass is 10.2. The number of anilines is 1. The van der Waals surface area contributed by atoms with E-state index >= 15 is 0 Å². The highest BCUT2D eigenvalue weighted by Crippen LogP contribution is 2.32. The minimum atomic E-state index is -0.310. The highest BCUT2D eigenvalue weighted by molar-refractivity contribution is 7.13. The molecule has 0 aliphatic carbocycles. The second-order valence-corrected chi connectivity index (χ2v) is 7.16. The highest BCUT2D eigenvalue weighted by atomic mass is 32.1. The number of ether oxygens (including phenoxy) is 2. The molecule has 0 aliphatic rings. The van der Waals surface area contributed by atoms with E-state index in [-0.39, 0.29) is 18.4 Å². The van der Waals surface area contributed by atoms with E-state index in [1.807, 2.05) is 37.3 Å². The van der Waals surface area contributed by atoms with Gasteiger partial charge in [0, 0.05) is 11.9 Å². The molecule has 1 heterocycles. The van der Waals surface area contributed by atoms with E-state index in [1.165, 1.54) is 23.3 Å². The van der Waals surface area contributed by atoms with E-state index in [0.29, 0.717) is 34.4 Å². The number of rotatable bonds is 8. The van der Waals surface area contributed by atoms with Gasteiger partial charge in [-0.15, -0.1) is 11.3 Å². The number of hydrogen-bond acceptors (Lipinski definition) is 6. The molecule has 0 saturated heterocycles. The Bertz CT molecular complexity index is 1030. The van der Waals surface area contributed by atoms with Crippen molar-refractivity contribution in [2.24, 2.45) is 0 Å². The highest BCUT2D eigenvalue weighted by Gasteiger charge is 2.21. The maximum Gasteiger partial charge on any atom is 0.273 e. The molecule has 0 aliphatic heterocycles. The van der Waals surface area contributed by atoms with Crippen LogP contribution in [0.5, 0.6) is 11.5 Å². The zero-order valence-corrected chi connectivity index (χ0v) is 17.9. The Morgan fingerprint density at radius 3 is 2.40 bits per heavy atom. The first kappa shape index (κ1) is 21.3. The lowest BCUT2D eigenvalue weighted by Crippen LogP contribution is -2.38. The van der Waals surface area contributed by atoms with Gasteiger partial charge in [-0.1, -0.05) is 24.3 Å². The lowest BCUT2D eigenvalue weighted by molar-refractivity contribution is -0.116. The molecule has 7 nitrogen and oxygen atoms in total.